The molecule has 0 atom stereocenters. The van der Waals surface area contributed by atoms with E-state index in [0.29, 0.717) is 5.92 Å². The maximum absolute atomic E-state index is 5.40. The van der Waals surface area contributed by atoms with E-state index in [1.54, 1.807) is 20.4 Å². The van der Waals surface area contributed by atoms with Gasteiger partial charge in [0.25, 0.3) is 0 Å². The molecule has 96 valence electrons. The van der Waals surface area contributed by atoms with Gasteiger partial charge in [0.05, 0.1) is 19.9 Å². The lowest BCUT2D eigenvalue weighted by Gasteiger charge is -2.14. The van der Waals surface area contributed by atoms with Crippen molar-refractivity contribution in [3.63, 3.8) is 0 Å². The van der Waals surface area contributed by atoms with Gasteiger partial charge in [-0.2, -0.15) is 0 Å². The smallest absolute Gasteiger partial charge is 0.143 e. The first kappa shape index (κ1) is 12.5. The number of ether oxygens (including phenoxy) is 2. The summed E-state index contributed by atoms with van der Waals surface area (Å²) in [5.74, 6) is 2.95. The van der Waals surface area contributed by atoms with Crippen LogP contribution in [0.2, 0.25) is 0 Å². The van der Waals surface area contributed by atoms with E-state index in [-0.39, 0.29) is 0 Å². The van der Waals surface area contributed by atoms with Gasteiger partial charge in [0, 0.05) is 24.4 Å². The Morgan fingerprint density at radius 1 is 1.17 bits per heavy atom. The van der Waals surface area contributed by atoms with E-state index < -0.39 is 0 Å². The molecule has 0 aliphatic carbocycles. The van der Waals surface area contributed by atoms with Crippen LogP contribution >= 0.6 is 0 Å². The summed E-state index contributed by atoms with van der Waals surface area (Å²) in [5.41, 5.74) is 0.943. The second-order valence-electron chi connectivity index (χ2n) is 4.35. The molecule has 2 aromatic rings. The molecule has 0 N–H and O–H groups in total. The third-order valence-electron chi connectivity index (χ3n) is 2.83. The van der Waals surface area contributed by atoms with Crippen LogP contribution in [-0.2, 0) is 0 Å². The number of nitrogens with zero attached hydrogens (tertiary/aromatic N) is 2. The zero-order valence-corrected chi connectivity index (χ0v) is 11.2. The largest absolute Gasteiger partial charge is 0.497 e. The fraction of sp³-hybridized carbons (Fsp3) is 0.357. The molecule has 1 aromatic carbocycles. The predicted octanol–water partition coefficient (Wildman–Crippen LogP) is 3.01. The van der Waals surface area contributed by atoms with E-state index in [1.807, 2.05) is 29.0 Å². The van der Waals surface area contributed by atoms with E-state index in [9.17, 15) is 0 Å². The highest BCUT2D eigenvalue weighted by Crippen LogP contribution is 2.29. The molecule has 0 spiro atoms. The lowest BCUT2D eigenvalue weighted by atomic mass is 10.2. The molecule has 0 unspecified atom stereocenters. The topological polar surface area (TPSA) is 36.3 Å². The lowest BCUT2D eigenvalue weighted by Crippen LogP contribution is -2.04. The van der Waals surface area contributed by atoms with E-state index >= 15 is 0 Å². The van der Waals surface area contributed by atoms with Crippen LogP contribution < -0.4 is 9.47 Å². The van der Waals surface area contributed by atoms with Gasteiger partial charge in [-0.3, -0.25) is 4.57 Å². The molecule has 1 aromatic heterocycles. The second kappa shape index (κ2) is 5.12. The minimum absolute atomic E-state index is 0.343. The number of aromatic nitrogens is 2. The van der Waals surface area contributed by atoms with Gasteiger partial charge in [0.2, 0.25) is 0 Å². The monoisotopic (exact) mass is 246 g/mol. The molecule has 18 heavy (non-hydrogen) atoms. The third-order valence-corrected chi connectivity index (χ3v) is 2.83. The molecule has 0 radical (unpaired) electrons. The molecular formula is C14H18N2O2. The molecule has 1 heterocycles. The molecular weight excluding hydrogens is 228 g/mol. The third kappa shape index (κ3) is 2.18. The quantitative estimate of drug-likeness (QED) is 0.832. The fourth-order valence-corrected chi connectivity index (χ4v) is 1.93. The molecule has 4 nitrogen and oxygen atoms in total. The first-order valence-corrected chi connectivity index (χ1v) is 5.93. The number of imidazole rings is 1. The average Bonchev–Trinajstić information content (AvgIpc) is 2.87. The van der Waals surface area contributed by atoms with Gasteiger partial charge in [0.15, 0.2) is 0 Å². The van der Waals surface area contributed by atoms with Gasteiger partial charge in [-0.15, -0.1) is 0 Å². The minimum atomic E-state index is 0.343. The number of hydrogen-bond acceptors (Lipinski definition) is 3. The number of methoxy groups -OCH3 is 2. The molecule has 0 aliphatic heterocycles. The van der Waals surface area contributed by atoms with Gasteiger partial charge >= 0.3 is 0 Å². The highest BCUT2D eigenvalue weighted by molar-refractivity contribution is 5.52. The normalized spacial score (nSPS) is 10.7. The van der Waals surface area contributed by atoms with Crippen molar-refractivity contribution in [3.05, 3.63) is 36.4 Å². The zero-order valence-electron chi connectivity index (χ0n) is 11.2. The fourth-order valence-electron chi connectivity index (χ4n) is 1.93. The summed E-state index contributed by atoms with van der Waals surface area (Å²) < 4.78 is 12.7. The lowest BCUT2D eigenvalue weighted by molar-refractivity contribution is 0.401. The summed E-state index contributed by atoms with van der Waals surface area (Å²) in [6, 6.07) is 5.74. The van der Waals surface area contributed by atoms with Crippen LogP contribution in [-0.4, -0.2) is 23.8 Å². The Balaban J connectivity index is 2.57. The van der Waals surface area contributed by atoms with Gasteiger partial charge < -0.3 is 9.47 Å². The maximum atomic E-state index is 5.40. The van der Waals surface area contributed by atoms with Crippen molar-refractivity contribution in [2.24, 2.45) is 0 Å². The highest BCUT2D eigenvalue weighted by Gasteiger charge is 2.13. The summed E-state index contributed by atoms with van der Waals surface area (Å²) in [6.07, 6.45) is 3.74. The first-order chi connectivity index (χ1) is 8.67. The Kier molecular flexibility index (Phi) is 3.55. The summed E-state index contributed by atoms with van der Waals surface area (Å²) in [5, 5.41) is 0. The maximum Gasteiger partial charge on any atom is 0.143 e. The van der Waals surface area contributed by atoms with Crippen molar-refractivity contribution in [2.45, 2.75) is 19.8 Å². The molecule has 0 aliphatic rings. The van der Waals surface area contributed by atoms with Crippen LogP contribution in [0.15, 0.2) is 30.6 Å². The molecule has 0 saturated heterocycles. The van der Waals surface area contributed by atoms with Crippen molar-refractivity contribution < 1.29 is 9.47 Å². The molecule has 0 saturated carbocycles. The summed E-state index contributed by atoms with van der Waals surface area (Å²) in [7, 11) is 3.32. The van der Waals surface area contributed by atoms with Crippen LogP contribution in [0.4, 0.5) is 0 Å². The summed E-state index contributed by atoms with van der Waals surface area (Å²) >= 11 is 0. The van der Waals surface area contributed by atoms with Crippen molar-refractivity contribution in [3.8, 4) is 17.2 Å². The Hall–Kier alpha value is -1.97. The first-order valence-electron chi connectivity index (χ1n) is 5.93. The molecule has 2 rings (SSSR count). The Bertz CT molecular complexity index is 532. The van der Waals surface area contributed by atoms with Gasteiger partial charge in [-0.1, -0.05) is 13.8 Å². The standard InChI is InChI=1S/C14H18N2O2/c1-10(2)14-15-7-8-16(14)12-9-11(17-3)5-6-13(12)18-4/h5-10H,1-4H3. The van der Waals surface area contributed by atoms with Crippen molar-refractivity contribution in [1.82, 2.24) is 9.55 Å². The molecule has 0 amide bonds. The van der Waals surface area contributed by atoms with Gasteiger partial charge in [0.1, 0.15) is 17.3 Å². The molecule has 0 bridgehead atoms. The van der Waals surface area contributed by atoms with Gasteiger partial charge in [-0.25, -0.2) is 4.98 Å². The van der Waals surface area contributed by atoms with Crippen LogP contribution in [0.25, 0.3) is 5.69 Å². The van der Waals surface area contributed by atoms with Crippen molar-refractivity contribution in [1.29, 1.82) is 0 Å². The van der Waals surface area contributed by atoms with Crippen LogP contribution in [0.3, 0.4) is 0 Å². The summed E-state index contributed by atoms with van der Waals surface area (Å²) in [4.78, 5) is 4.39. The molecule has 4 heteroatoms. The Labute approximate surface area is 107 Å². The van der Waals surface area contributed by atoms with Crippen LogP contribution in [0, 0.1) is 0 Å². The van der Waals surface area contributed by atoms with E-state index in [4.69, 9.17) is 9.47 Å². The van der Waals surface area contributed by atoms with Crippen molar-refractivity contribution >= 4 is 0 Å². The van der Waals surface area contributed by atoms with Crippen molar-refractivity contribution in [2.75, 3.05) is 14.2 Å². The summed E-state index contributed by atoms with van der Waals surface area (Å²) in [6.45, 7) is 4.23. The van der Waals surface area contributed by atoms with Crippen LogP contribution in [0.5, 0.6) is 11.5 Å². The second-order valence-corrected chi connectivity index (χ2v) is 4.35. The predicted molar refractivity (Wildman–Crippen MR) is 70.8 cm³/mol. The van der Waals surface area contributed by atoms with E-state index in [2.05, 4.69) is 18.8 Å². The van der Waals surface area contributed by atoms with Gasteiger partial charge in [-0.05, 0) is 12.1 Å². The highest BCUT2D eigenvalue weighted by atomic mass is 16.5. The average molecular weight is 246 g/mol. The molecule has 0 fully saturated rings. The van der Waals surface area contributed by atoms with E-state index in [0.717, 1.165) is 23.0 Å². The van der Waals surface area contributed by atoms with Crippen LogP contribution in [0.1, 0.15) is 25.6 Å². The SMILES string of the molecule is COc1ccc(OC)c(-n2ccnc2C(C)C)c1. The Morgan fingerprint density at radius 2 is 1.94 bits per heavy atom. The zero-order chi connectivity index (χ0) is 13.1. The number of rotatable bonds is 4. The minimum Gasteiger partial charge on any atom is -0.497 e. The van der Waals surface area contributed by atoms with E-state index in [1.165, 1.54) is 0 Å². The number of benzene rings is 1. The Morgan fingerprint density at radius 3 is 2.56 bits per heavy atom. The number of hydrogen-bond donors (Lipinski definition) is 0.